The molecule has 0 N–H and O–H groups in total. The normalized spacial score (nSPS) is 40.9. The molecule has 0 aromatic heterocycles. The lowest BCUT2D eigenvalue weighted by Gasteiger charge is -2.36. The van der Waals surface area contributed by atoms with Gasteiger partial charge in [-0.05, 0) is 30.6 Å². The molecule has 1 saturated carbocycles. The Balaban J connectivity index is 2.08. The van der Waals surface area contributed by atoms with Crippen molar-refractivity contribution in [3.8, 4) is 0 Å². The van der Waals surface area contributed by atoms with E-state index in [0.717, 1.165) is 0 Å². The van der Waals surface area contributed by atoms with Crippen molar-refractivity contribution in [2.24, 2.45) is 16.5 Å². The lowest BCUT2D eigenvalue weighted by atomic mass is 9.69. The van der Waals surface area contributed by atoms with E-state index < -0.39 is 0 Å². The molecule has 2 aliphatic carbocycles. The SMILES string of the molecule is O=NCC1CCC[C@@]12C=CC2. The largest absolute Gasteiger partial charge is 0.151 e. The van der Waals surface area contributed by atoms with E-state index in [0.29, 0.717) is 17.9 Å². The van der Waals surface area contributed by atoms with Crippen LogP contribution in [0.25, 0.3) is 0 Å². The summed E-state index contributed by atoms with van der Waals surface area (Å²) in [4.78, 5) is 10.1. The van der Waals surface area contributed by atoms with Gasteiger partial charge in [0.1, 0.15) is 0 Å². The molecule has 2 atom stereocenters. The molecule has 0 bridgehead atoms. The quantitative estimate of drug-likeness (QED) is 0.440. The van der Waals surface area contributed by atoms with Crippen LogP contribution < -0.4 is 0 Å². The second kappa shape index (κ2) is 2.43. The van der Waals surface area contributed by atoms with Crippen molar-refractivity contribution in [3.63, 3.8) is 0 Å². The Kier molecular flexibility index (Phi) is 1.55. The summed E-state index contributed by atoms with van der Waals surface area (Å²) in [5.74, 6) is 0.560. The van der Waals surface area contributed by atoms with E-state index in [1.54, 1.807) is 0 Å². The molecule has 11 heavy (non-hydrogen) atoms. The molecule has 2 nitrogen and oxygen atoms in total. The number of rotatable bonds is 2. The standard InChI is InChI=1S/C9H13NO/c11-10-7-8-3-1-4-9(8)5-2-6-9/h2,5,8H,1,3-4,6-7H2/t8?,9-/m0/s1. The van der Waals surface area contributed by atoms with Gasteiger partial charge in [-0.2, -0.15) is 4.91 Å². The van der Waals surface area contributed by atoms with E-state index in [1.165, 1.54) is 25.7 Å². The van der Waals surface area contributed by atoms with Gasteiger partial charge in [-0.3, -0.25) is 0 Å². The Bertz CT molecular complexity index is 200. The van der Waals surface area contributed by atoms with Crippen molar-refractivity contribution in [1.29, 1.82) is 0 Å². The van der Waals surface area contributed by atoms with E-state index in [2.05, 4.69) is 17.3 Å². The third-order valence-corrected chi connectivity index (χ3v) is 3.25. The number of allylic oxidation sites excluding steroid dienone is 2. The van der Waals surface area contributed by atoms with Gasteiger partial charge >= 0.3 is 0 Å². The van der Waals surface area contributed by atoms with Crippen molar-refractivity contribution in [2.45, 2.75) is 25.7 Å². The fourth-order valence-corrected chi connectivity index (χ4v) is 2.44. The van der Waals surface area contributed by atoms with Crippen LogP contribution >= 0.6 is 0 Å². The molecule has 1 unspecified atom stereocenters. The summed E-state index contributed by atoms with van der Waals surface area (Å²) in [6.45, 7) is 0.532. The van der Waals surface area contributed by atoms with Crippen molar-refractivity contribution in [1.82, 2.24) is 0 Å². The molecule has 0 radical (unpaired) electrons. The minimum absolute atomic E-state index is 0.411. The average Bonchev–Trinajstić information content (AvgIpc) is 2.31. The van der Waals surface area contributed by atoms with Crippen molar-refractivity contribution in [3.05, 3.63) is 17.1 Å². The van der Waals surface area contributed by atoms with Crippen LogP contribution in [0.3, 0.4) is 0 Å². The molecule has 2 aliphatic rings. The third-order valence-electron chi connectivity index (χ3n) is 3.25. The van der Waals surface area contributed by atoms with Crippen LogP contribution in [0.2, 0.25) is 0 Å². The highest BCUT2D eigenvalue weighted by Gasteiger charge is 2.43. The first-order valence-electron chi connectivity index (χ1n) is 4.34. The Morgan fingerprint density at radius 3 is 3.00 bits per heavy atom. The van der Waals surface area contributed by atoms with Gasteiger partial charge in [0, 0.05) is 0 Å². The number of nitrogens with zero attached hydrogens (tertiary/aromatic N) is 1. The summed E-state index contributed by atoms with van der Waals surface area (Å²) in [5, 5.41) is 3.01. The van der Waals surface area contributed by atoms with E-state index in [1.807, 2.05) is 0 Å². The number of nitroso groups, excluding NO2 is 1. The maximum Gasteiger partial charge on any atom is 0.0847 e. The van der Waals surface area contributed by atoms with Crippen LogP contribution in [0.1, 0.15) is 25.7 Å². The molecule has 1 spiro atoms. The Morgan fingerprint density at radius 2 is 2.45 bits per heavy atom. The molecule has 60 valence electrons. The molecular formula is C9H13NO. The van der Waals surface area contributed by atoms with Crippen LogP contribution in [0.4, 0.5) is 0 Å². The second-order valence-corrected chi connectivity index (χ2v) is 3.74. The molecule has 0 amide bonds. The first-order valence-corrected chi connectivity index (χ1v) is 4.34. The van der Waals surface area contributed by atoms with Crippen LogP contribution in [0, 0.1) is 16.2 Å². The number of hydrogen-bond donors (Lipinski definition) is 0. The average molecular weight is 151 g/mol. The molecule has 0 aromatic carbocycles. The summed E-state index contributed by atoms with van der Waals surface area (Å²) < 4.78 is 0. The molecule has 1 fully saturated rings. The van der Waals surface area contributed by atoms with Gasteiger partial charge in [-0.25, -0.2) is 0 Å². The van der Waals surface area contributed by atoms with Crippen LogP contribution in [0.5, 0.6) is 0 Å². The fourth-order valence-electron chi connectivity index (χ4n) is 2.44. The first-order chi connectivity index (χ1) is 5.37. The molecule has 0 heterocycles. The zero-order chi connectivity index (χ0) is 7.73. The van der Waals surface area contributed by atoms with Gasteiger partial charge in [-0.1, -0.05) is 23.7 Å². The van der Waals surface area contributed by atoms with Gasteiger partial charge in [0.2, 0.25) is 0 Å². The molecule has 0 saturated heterocycles. The predicted molar refractivity (Wildman–Crippen MR) is 44.2 cm³/mol. The van der Waals surface area contributed by atoms with Crippen LogP contribution in [-0.4, -0.2) is 6.54 Å². The summed E-state index contributed by atoms with van der Waals surface area (Å²) in [5.41, 5.74) is 0.411. The zero-order valence-corrected chi connectivity index (χ0v) is 6.62. The summed E-state index contributed by atoms with van der Waals surface area (Å²) in [6, 6.07) is 0. The molecule has 0 aliphatic heterocycles. The smallest absolute Gasteiger partial charge is 0.0847 e. The van der Waals surface area contributed by atoms with Gasteiger partial charge in [0.05, 0.1) is 6.54 Å². The molecule has 2 heteroatoms. The highest BCUT2D eigenvalue weighted by molar-refractivity contribution is 5.17. The minimum Gasteiger partial charge on any atom is -0.151 e. The first kappa shape index (κ1) is 7.01. The second-order valence-electron chi connectivity index (χ2n) is 3.74. The van der Waals surface area contributed by atoms with Gasteiger partial charge in [0.15, 0.2) is 0 Å². The summed E-state index contributed by atoms with van der Waals surface area (Å²) in [7, 11) is 0. The lowest BCUT2D eigenvalue weighted by molar-refractivity contribution is 0.256. The van der Waals surface area contributed by atoms with E-state index in [4.69, 9.17) is 0 Å². The van der Waals surface area contributed by atoms with Crippen molar-refractivity contribution in [2.75, 3.05) is 6.54 Å². The van der Waals surface area contributed by atoms with E-state index in [9.17, 15) is 4.91 Å². The van der Waals surface area contributed by atoms with Gasteiger partial charge in [-0.15, -0.1) is 0 Å². The Hall–Kier alpha value is -0.660. The van der Waals surface area contributed by atoms with Crippen LogP contribution in [-0.2, 0) is 0 Å². The highest BCUT2D eigenvalue weighted by Crippen LogP contribution is 2.52. The molecule has 0 aromatic rings. The third kappa shape index (κ3) is 0.924. The Morgan fingerprint density at radius 1 is 1.64 bits per heavy atom. The Labute approximate surface area is 66.7 Å². The fraction of sp³-hybridized carbons (Fsp3) is 0.778. The molecule has 2 rings (SSSR count). The maximum absolute atomic E-state index is 10.1. The number of hydrogen-bond acceptors (Lipinski definition) is 2. The van der Waals surface area contributed by atoms with Gasteiger partial charge < -0.3 is 0 Å². The lowest BCUT2D eigenvalue weighted by Crippen LogP contribution is -2.29. The van der Waals surface area contributed by atoms with Crippen LogP contribution in [0.15, 0.2) is 17.3 Å². The van der Waals surface area contributed by atoms with Gasteiger partial charge in [0.25, 0.3) is 0 Å². The van der Waals surface area contributed by atoms with E-state index in [-0.39, 0.29) is 0 Å². The topological polar surface area (TPSA) is 29.4 Å². The maximum atomic E-state index is 10.1. The monoisotopic (exact) mass is 151 g/mol. The summed E-state index contributed by atoms with van der Waals surface area (Å²) >= 11 is 0. The van der Waals surface area contributed by atoms with Crippen molar-refractivity contribution < 1.29 is 0 Å². The predicted octanol–water partition coefficient (Wildman–Crippen LogP) is 2.50. The highest BCUT2D eigenvalue weighted by atomic mass is 16.3. The molecular weight excluding hydrogens is 138 g/mol. The van der Waals surface area contributed by atoms with E-state index >= 15 is 0 Å². The van der Waals surface area contributed by atoms with Crippen molar-refractivity contribution >= 4 is 0 Å². The summed E-state index contributed by atoms with van der Waals surface area (Å²) in [6.07, 6.45) is 9.45. The minimum atomic E-state index is 0.411. The zero-order valence-electron chi connectivity index (χ0n) is 6.62.